The SMILES string of the molecule is CNC(CCS(N)(=O)=O)CC(C)(NC)NC. The molecule has 0 aromatic heterocycles. The summed E-state index contributed by atoms with van der Waals surface area (Å²) in [6, 6.07) is 0.100. The molecule has 0 aromatic rings. The van der Waals surface area contributed by atoms with E-state index >= 15 is 0 Å². The molecule has 0 fully saturated rings. The molecular formula is C9H24N4O2S. The first-order valence-electron chi connectivity index (χ1n) is 5.32. The lowest BCUT2D eigenvalue weighted by molar-refractivity contribution is 0.265. The van der Waals surface area contributed by atoms with Gasteiger partial charge in [-0.05, 0) is 40.9 Å². The third kappa shape index (κ3) is 6.39. The molecule has 0 radical (unpaired) electrons. The Hall–Kier alpha value is -0.210. The van der Waals surface area contributed by atoms with Crippen LogP contribution in [-0.2, 0) is 10.0 Å². The molecule has 0 aliphatic rings. The number of primary sulfonamides is 1. The molecule has 0 heterocycles. The molecule has 0 amide bonds. The van der Waals surface area contributed by atoms with Crippen molar-refractivity contribution < 1.29 is 8.42 Å². The summed E-state index contributed by atoms with van der Waals surface area (Å²) >= 11 is 0. The quantitative estimate of drug-likeness (QED) is 0.407. The van der Waals surface area contributed by atoms with Crippen LogP contribution in [0.25, 0.3) is 0 Å². The van der Waals surface area contributed by atoms with E-state index in [1.807, 2.05) is 28.1 Å². The summed E-state index contributed by atoms with van der Waals surface area (Å²) < 4.78 is 21.8. The first-order chi connectivity index (χ1) is 7.26. The molecule has 1 atom stereocenters. The van der Waals surface area contributed by atoms with Gasteiger partial charge in [-0.15, -0.1) is 0 Å². The van der Waals surface area contributed by atoms with E-state index in [0.717, 1.165) is 6.42 Å². The van der Waals surface area contributed by atoms with E-state index < -0.39 is 10.0 Å². The van der Waals surface area contributed by atoms with Gasteiger partial charge in [-0.1, -0.05) is 0 Å². The average Bonchev–Trinajstić information content (AvgIpc) is 2.22. The molecule has 5 N–H and O–H groups in total. The minimum Gasteiger partial charge on any atom is -0.317 e. The van der Waals surface area contributed by atoms with Gasteiger partial charge in [-0.2, -0.15) is 0 Å². The predicted octanol–water partition coefficient (Wildman–Crippen LogP) is -1.20. The van der Waals surface area contributed by atoms with Gasteiger partial charge in [0, 0.05) is 6.04 Å². The summed E-state index contributed by atoms with van der Waals surface area (Å²) in [5.74, 6) is 0.00200. The van der Waals surface area contributed by atoms with E-state index in [-0.39, 0.29) is 17.5 Å². The van der Waals surface area contributed by atoms with Gasteiger partial charge in [0.05, 0.1) is 11.4 Å². The predicted molar refractivity (Wildman–Crippen MR) is 66.6 cm³/mol. The smallest absolute Gasteiger partial charge is 0.209 e. The number of nitrogens with one attached hydrogen (secondary N) is 3. The van der Waals surface area contributed by atoms with E-state index in [0.29, 0.717) is 6.42 Å². The van der Waals surface area contributed by atoms with Crippen molar-refractivity contribution in [3.8, 4) is 0 Å². The molecule has 0 bridgehead atoms. The summed E-state index contributed by atoms with van der Waals surface area (Å²) in [7, 11) is 2.17. The summed E-state index contributed by atoms with van der Waals surface area (Å²) in [5.41, 5.74) is -0.216. The van der Waals surface area contributed by atoms with Gasteiger partial charge in [0.15, 0.2) is 0 Å². The maximum absolute atomic E-state index is 10.9. The van der Waals surface area contributed by atoms with Gasteiger partial charge < -0.3 is 16.0 Å². The lowest BCUT2D eigenvalue weighted by atomic mass is 10.0. The van der Waals surface area contributed by atoms with Crippen LogP contribution < -0.4 is 21.1 Å². The van der Waals surface area contributed by atoms with Crippen LogP contribution in [0.15, 0.2) is 0 Å². The largest absolute Gasteiger partial charge is 0.317 e. The number of hydrogen-bond acceptors (Lipinski definition) is 5. The zero-order chi connectivity index (χ0) is 12.8. The topological polar surface area (TPSA) is 96.2 Å². The zero-order valence-corrected chi connectivity index (χ0v) is 11.3. The monoisotopic (exact) mass is 252 g/mol. The Bertz CT molecular complexity index is 288. The average molecular weight is 252 g/mol. The van der Waals surface area contributed by atoms with E-state index in [1.165, 1.54) is 0 Å². The standard InChI is InChI=1S/C9H24N4O2S/c1-9(12-3,13-4)7-8(11-2)5-6-16(10,14)15/h8,11-13H,5-7H2,1-4H3,(H2,10,14,15). The Kier molecular flexibility index (Phi) is 6.42. The van der Waals surface area contributed by atoms with Crippen LogP contribution in [0.3, 0.4) is 0 Å². The molecule has 0 aliphatic carbocycles. The van der Waals surface area contributed by atoms with Crippen molar-refractivity contribution in [1.29, 1.82) is 0 Å². The van der Waals surface area contributed by atoms with Crippen molar-refractivity contribution in [1.82, 2.24) is 16.0 Å². The van der Waals surface area contributed by atoms with Crippen molar-refractivity contribution in [3.63, 3.8) is 0 Å². The Morgan fingerprint density at radius 2 is 1.75 bits per heavy atom. The summed E-state index contributed by atoms with van der Waals surface area (Å²) in [5, 5.41) is 14.4. The molecule has 0 aromatic carbocycles. The summed E-state index contributed by atoms with van der Waals surface area (Å²) in [6.07, 6.45) is 1.28. The van der Waals surface area contributed by atoms with Gasteiger partial charge in [0.2, 0.25) is 10.0 Å². The van der Waals surface area contributed by atoms with Gasteiger partial charge in [0.25, 0.3) is 0 Å². The lowest BCUT2D eigenvalue weighted by Crippen LogP contribution is -2.54. The van der Waals surface area contributed by atoms with E-state index in [9.17, 15) is 8.42 Å². The lowest BCUT2D eigenvalue weighted by Gasteiger charge is -2.32. The van der Waals surface area contributed by atoms with Crippen LogP contribution in [0.4, 0.5) is 0 Å². The van der Waals surface area contributed by atoms with Crippen LogP contribution in [0, 0.1) is 0 Å². The van der Waals surface area contributed by atoms with Crippen LogP contribution in [0.5, 0.6) is 0 Å². The minimum atomic E-state index is -3.38. The van der Waals surface area contributed by atoms with E-state index in [4.69, 9.17) is 5.14 Å². The van der Waals surface area contributed by atoms with E-state index in [2.05, 4.69) is 16.0 Å². The highest BCUT2D eigenvalue weighted by atomic mass is 32.2. The van der Waals surface area contributed by atoms with Crippen LogP contribution >= 0.6 is 0 Å². The Balaban J connectivity index is 4.30. The zero-order valence-electron chi connectivity index (χ0n) is 10.5. The number of rotatable bonds is 8. The number of sulfonamides is 1. The summed E-state index contributed by atoms with van der Waals surface area (Å²) in [6.45, 7) is 2.02. The van der Waals surface area contributed by atoms with Crippen LogP contribution in [0.1, 0.15) is 19.8 Å². The first-order valence-corrected chi connectivity index (χ1v) is 7.03. The third-order valence-corrected chi connectivity index (χ3v) is 3.72. The molecule has 6 nitrogen and oxygen atoms in total. The second-order valence-electron chi connectivity index (χ2n) is 4.18. The maximum Gasteiger partial charge on any atom is 0.209 e. The molecule has 0 aliphatic heterocycles. The van der Waals surface area contributed by atoms with Crippen molar-refractivity contribution in [2.45, 2.75) is 31.5 Å². The van der Waals surface area contributed by atoms with Gasteiger partial charge in [-0.25, -0.2) is 13.6 Å². The van der Waals surface area contributed by atoms with Gasteiger partial charge in [0.1, 0.15) is 0 Å². The van der Waals surface area contributed by atoms with E-state index in [1.54, 1.807) is 0 Å². The fourth-order valence-corrected chi connectivity index (χ4v) is 2.09. The first kappa shape index (κ1) is 15.8. The third-order valence-electron chi connectivity index (χ3n) is 2.92. The second-order valence-corrected chi connectivity index (χ2v) is 5.91. The van der Waals surface area contributed by atoms with Crippen molar-refractivity contribution in [2.75, 3.05) is 26.9 Å². The molecule has 16 heavy (non-hydrogen) atoms. The highest BCUT2D eigenvalue weighted by Gasteiger charge is 2.24. The van der Waals surface area contributed by atoms with Crippen LogP contribution in [0.2, 0.25) is 0 Å². The Morgan fingerprint density at radius 1 is 1.25 bits per heavy atom. The fourth-order valence-electron chi connectivity index (χ4n) is 1.48. The maximum atomic E-state index is 10.9. The molecule has 98 valence electrons. The Labute approximate surface area is 98.4 Å². The van der Waals surface area contributed by atoms with Gasteiger partial charge in [-0.3, -0.25) is 0 Å². The Morgan fingerprint density at radius 3 is 2.06 bits per heavy atom. The highest BCUT2D eigenvalue weighted by Crippen LogP contribution is 2.10. The minimum absolute atomic E-state index is 0.00200. The van der Waals surface area contributed by atoms with Crippen molar-refractivity contribution in [3.05, 3.63) is 0 Å². The molecular weight excluding hydrogens is 228 g/mol. The highest BCUT2D eigenvalue weighted by molar-refractivity contribution is 7.89. The summed E-state index contributed by atoms with van der Waals surface area (Å²) in [4.78, 5) is 0. The molecule has 0 rings (SSSR count). The fraction of sp³-hybridized carbons (Fsp3) is 1.00. The molecule has 7 heteroatoms. The number of nitrogens with two attached hydrogens (primary N) is 1. The molecule has 0 saturated heterocycles. The molecule has 1 unspecified atom stereocenters. The van der Waals surface area contributed by atoms with Crippen LogP contribution in [-0.4, -0.2) is 47.0 Å². The number of hydrogen-bond donors (Lipinski definition) is 4. The van der Waals surface area contributed by atoms with Crippen molar-refractivity contribution >= 4 is 10.0 Å². The second kappa shape index (κ2) is 6.51. The molecule has 0 spiro atoms. The van der Waals surface area contributed by atoms with Crippen molar-refractivity contribution in [2.24, 2.45) is 5.14 Å². The van der Waals surface area contributed by atoms with Gasteiger partial charge >= 0.3 is 0 Å². The normalized spacial score (nSPS) is 15.1. The molecule has 0 saturated carbocycles.